The largest absolute Gasteiger partial charge is 0.486 e. The quantitative estimate of drug-likeness (QED) is 0.861. The Kier molecular flexibility index (Phi) is 5.69. The molecule has 0 saturated carbocycles. The second-order valence-electron chi connectivity index (χ2n) is 5.48. The zero-order valence-electron chi connectivity index (χ0n) is 12.4. The predicted molar refractivity (Wildman–Crippen MR) is 84.6 cm³/mol. The molecular weight excluding hydrogens is 320 g/mol. The van der Waals surface area contributed by atoms with Crippen LogP contribution in [0.5, 0.6) is 11.5 Å². The molecule has 0 aliphatic carbocycles. The van der Waals surface area contributed by atoms with Gasteiger partial charge in [-0.3, -0.25) is 0 Å². The number of nitrogens with one attached hydrogen (secondary N) is 1. The molecule has 0 radical (unpaired) electrons. The molecule has 0 saturated heterocycles. The van der Waals surface area contributed by atoms with Gasteiger partial charge in [0.2, 0.25) is 0 Å². The molecule has 1 N–H and O–H groups in total. The number of hydrogen-bond donors (Lipinski definition) is 1. The standard InChI is InChI=1S/C15H23BrN2O2/c1-11(4-5-18(2)3)17-10-12-8-13(16)15-14(9-12)19-6-7-20-15/h8-9,11,17H,4-7,10H2,1-3H3. The van der Waals surface area contributed by atoms with E-state index in [2.05, 4.69) is 59.3 Å². The lowest BCUT2D eigenvalue weighted by Crippen LogP contribution is -2.29. The fourth-order valence-electron chi connectivity index (χ4n) is 2.11. The normalized spacial score (nSPS) is 15.4. The Morgan fingerprint density at radius 3 is 2.80 bits per heavy atom. The Morgan fingerprint density at radius 2 is 2.05 bits per heavy atom. The lowest BCUT2D eigenvalue weighted by atomic mass is 10.1. The molecule has 20 heavy (non-hydrogen) atoms. The molecule has 0 amide bonds. The molecule has 4 nitrogen and oxygen atoms in total. The maximum absolute atomic E-state index is 5.64. The SMILES string of the molecule is CC(CCN(C)C)NCc1cc(Br)c2c(c1)OCCO2. The molecule has 1 aromatic carbocycles. The Labute approximate surface area is 129 Å². The van der Waals surface area contributed by atoms with Gasteiger partial charge in [-0.25, -0.2) is 0 Å². The molecular formula is C15H23BrN2O2. The smallest absolute Gasteiger partial charge is 0.175 e. The monoisotopic (exact) mass is 342 g/mol. The molecule has 5 heteroatoms. The van der Waals surface area contributed by atoms with Crippen molar-refractivity contribution in [2.24, 2.45) is 0 Å². The summed E-state index contributed by atoms with van der Waals surface area (Å²) in [6, 6.07) is 4.65. The minimum Gasteiger partial charge on any atom is -0.486 e. The minimum absolute atomic E-state index is 0.490. The molecule has 0 aromatic heterocycles. The summed E-state index contributed by atoms with van der Waals surface area (Å²) in [7, 11) is 4.20. The van der Waals surface area contributed by atoms with Crippen LogP contribution in [0.3, 0.4) is 0 Å². The van der Waals surface area contributed by atoms with Gasteiger partial charge in [0, 0.05) is 12.6 Å². The Bertz CT molecular complexity index is 452. The lowest BCUT2D eigenvalue weighted by Gasteiger charge is -2.21. The highest BCUT2D eigenvalue weighted by Crippen LogP contribution is 2.38. The van der Waals surface area contributed by atoms with Crippen molar-refractivity contribution in [1.82, 2.24) is 10.2 Å². The summed E-state index contributed by atoms with van der Waals surface area (Å²) >= 11 is 3.55. The maximum atomic E-state index is 5.64. The van der Waals surface area contributed by atoms with Gasteiger partial charge in [-0.05, 0) is 67.6 Å². The molecule has 1 atom stereocenters. The van der Waals surface area contributed by atoms with Crippen LogP contribution in [0.2, 0.25) is 0 Å². The average molecular weight is 343 g/mol. The molecule has 2 rings (SSSR count). The topological polar surface area (TPSA) is 33.7 Å². The number of ether oxygens (including phenoxy) is 2. The first-order valence-corrected chi connectivity index (χ1v) is 7.81. The highest BCUT2D eigenvalue weighted by Gasteiger charge is 2.16. The molecule has 1 unspecified atom stereocenters. The number of hydrogen-bond acceptors (Lipinski definition) is 4. The van der Waals surface area contributed by atoms with Crippen LogP contribution in [0.4, 0.5) is 0 Å². The van der Waals surface area contributed by atoms with E-state index in [0.29, 0.717) is 19.3 Å². The molecule has 0 fully saturated rings. The van der Waals surface area contributed by atoms with Crippen LogP contribution in [0.1, 0.15) is 18.9 Å². The highest BCUT2D eigenvalue weighted by molar-refractivity contribution is 9.10. The van der Waals surface area contributed by atoms with E-state index >= 15 is 0 Å². The van der Waals surface area contributed by atoms with E-state index in [1.165, 1.54) is 5.56 Å². The lowest BCUT2D eigenvalue weighted by molar-refractivity contribution is 0.170. The van der Waals surface area contributed by atoms with Crippen LogP contribution in [0.25, 0.3) is 0 Å². The van der Waals surface area contributed by atoms with Gasteiger partial charge < -0.3 is 19.7 Å². The third-order valence-corrected chi connectivity index (χ3v) is 3.91. The number of fused-ring (bicyclic) bond motifs is 1. The van der Waals surface area contributed by atoms with Gasteiger partial charge in [0.05, 0.1) is 4.47 Å². The highest BCUT2D eigenvalue weighted by atomic mass is 79.9. The van der Waals surface area contributed by atoms with E-state index in [4.69, 9.17) is 9.47 Å². The van der Waals surface area contributed by atoms with E-state index < -0.39 is 0 Å². The van der Waals surface area contributed by atoms with Crippen molar-refractivity contribution < 1.29 is 9.47 Å². The van der Waals surface area contributed by atoms with Crippen molar-refractivity contribution in [3.63, 3.8) is 0 Å². The molecule has 1 aliphatic heterocycles. The van der Waals surface area contributed by atoms with E-state index in [1.807, 2.05) is 0 Å². The summed E-state index contributed by atoms with van der Waals surface area (Å²) < 4.78 is 12.2. The minimum atomic E-state index is 0.490. The van der Waals surface area contributed by atoms with Crippen LogP contribution >= 0.6 is 15.9 Å². The van der Waals surface area contributed by atoms with Gasteiger partial charge in [-0.2, -0.15) is 0 Å². The third-order valence-electron chi connectivity index (χ3n) is 3.32. The van der Waals surface area contributed by atoms with Crippen LogP contribution in [-0.2, 0) is 6.54 Å². The van der Waals surface area contributed by atoms with E-state index in [9.17, 15) is 0 Å². The summed E-state index contributed by atoms with van der Waals surface area (Å²) in [4.78, 5) is 2.21. The zero-order chi connectivity index (χ0) is 14.5. The Hall–Kier alpha value is -0.780. The van der Waals surface area contributed by atoms with Crippen LogP contribution in [0, 0.1) is 0 Å². The van der Waals surface area contributed by atoms with Crippen molar-refractivity contribution >= 4 is 15.9 Å². The van der Waals surface area contributed by atoms with Crippen molar-refractivity contribution in [3.05, 3.63) is 22.2 Å². The molecule has 1 heterocycles. The van der Waals surface area contributed by atoms with Crippen molar-refractivity contribution in [1.29, 1.82) is 0 Å². The van der Waals surface area contributed by atoms with Gasteiger partial charge >= 0.3 is 0 Å². The van der Waals surface area contributed by atoms with Crippen LogP contribution in [0.15, 0.2) is 16.6 Å². The summed E-state index contributed by atoms with van der Waals surface area (Å²) in [6.45, 7) is 5.39. The molecule has 1 aromatic rings. The molecule has 1 aliphatic rings. The first-order chi connectivity index (χ1) is 9.56. The summed E-state index contributed by atoms with van der Waals surface area (Å²) in [5.41, 5.74) is 1.21. The fraction of sp³-hybridized carbons (Fsp3) is 0.600. The first kappa shape index (κ1) is 15.6. The summed E-state index contributed by atoms with van der Waals surface area (Å²) in [5, 5.41) is 3.54. The molecule has 112 valence electrons. The van der Waals surface area contributed by atoms with Gasteiger partial charge in [0.1, 0.15) is 13.2 Å². The molecule has 0 bridgehead atoms. The maximum Gasteiger partial charge on any atom is 0.175 e. The van der Waals surface area contributed by atoms with Crippen molar-refractivity contribution in [3.8, 4) is 11.5 Å². The van der Waals surface area contributed by atoms with Gasteiger partial charge in [0.25, 0.3) is 0 Å². The second-order valence-corrected chi connectivity index (χ2v) is 6.33. The first-order valence-electron chi connectivity index (χ1n) is 7.02. The van der Waals surface area contributed by atoms with Gasteiger partial charge in [0.15, 0.2) is 11.5 Å². The predicted octanol–water partition coefficient (Wildman–Crippen LogP) is 2.65. The average Bonchev–Trinajstić information content (AvgIpc) is 2.43. The van der Waals surface area contributed by atoms with Crippen LogP contribution < -0.4 is 14.8 Å². The van der Waals surface area contributed by atoms with Crippen molar-refractivity contribution in [2.75, 3.05) is 33.9 Å². The number of rotatable bonds is 6. The second kappa shape index (κ2) is 7.29. The van der Waals surface area contributed by atoms with Crippen LogP contribution in [-0.4, -0.2) is 44.8 Å². The van der Waals surface area contributed by atoms with Gasteiger partial charge in [-0.15, -0.1) is 0 Å². The number of benzene rings is 1. The number of halogens is 1. The van der Waals surface area contributed by atoms with Gasteiger partial charge in [-0.1, -0.05) is 0 Å². The van der Waals surface area contributed by atoms with E-state index in [1.54, 1.807) is 0 Å². The molecule has 0 spiro atoms. The van der Waals surface area contributed by atoms with E-state index in [-0.39, 0.29) is 0 Å². The summed E-state index contributed by atoms with van der Waals surface area (Å²) in [6.07, 6.45) is 1.14. The van der Waals surface area contributed by atoms with Crippen molar-refractivity contribution in [2.45, 2.75) is 25.9 Å². The Morgan fingerprint density at radius 1 is 1.30 bits per heavy atom. The third kappa shape index (κ3) is 4.36. The van der Waals surface area contributed by atoms with E-state index in [0.717, 1.165) is 35.5 Å². The summed E-state index contributed by atoms with van der Waals surface area (Å²) in [5.74, 6) is 1.66. The number of nitrogens with zero attached hydrogens (tertiary/aromatic N) is 1. The zero-order valence-corrected chi connectivity index (χ0v) is 14.0. The fourth-order valence-corrected chi connectivity index (χ4v) is 2.72. The Balaban J connectivity index is 1.91.